The van der Waals surface area contributed by atoms with E-state index in [1.807, 2.05) is 14.0 Å². The molecule has 7 nitrogen and oxygen atoms in total. The molecule has 1 saturated carbocycles. The molecule has 1 aliphatic carbocycles. The van der Waals surface area contributed by atoms with Crippen LogP contribution >= 0.6 is 0 Å². The van der Waals surface area contributed by atoms with Crippen LogP contribution in [0.3, 0.4) is 0 Å². The zero-order chi connectivity index (χ0) is 21.6. The summed E-state index contributed by atoms with van der Waals surface area (Å²) < 4.78 is 23.8. The van der Waals surface area contributed by atoms with Gasteiger partial charge in [0.25, 0.3) is 0 Å². The van der Waals surface area contributed by atoms with Crippen molar-refractivity contribution in [1.82, 2.24) is 15.5 Å². The van der Waals surface area contributed by atoms with Crippen LogP contribution in [-0.2, 0) is 11.2 Å². The molecule has 8 heteroatoms. The average molecular weight is 416 g/mol. The summed E-state index contributed by atoms with van der Waals surface area (Å²) in [5, 5.41) is 10.8. The summed E-state index contributed by atoms with van der Waals surface area (Å²) in [6.07, 6.45) is 5.74. The first-order valence-corrected chi connectivity index (χ1v) is 10.1. The number of carbonyl (C=O) groups is 1. The largest absolute Gasteiger partial charge is 0.496 e. The van der Waals surface area contributed by atoms with E-state index < -0.39 is 0 Å². The van der Waals surface area contributed by atoms with Crippen molar-refractivity contribution in [1.29, 1.82) is 0 Å². The van der Waals surface area contributed by atoms with Crippen molar-refractivity contribution in [2.45, 2.75) is 37.8 Å². The van der Waals surface area contributed by atoms with E-state index in [0.717, 1.165) is 49.4 Å². The minimum atomic E-state index is -0.197. The highest BCUT2D eigenvalue weighted by atomic mass is 19.1. The lowest BCUT2D eigenvalue weighted by molar-refractivity contribution is 0.0532. The van der Waals surface area contributed by atoms with E-state index in [1.165, 1.54) is 6.07 Å². The number of hydrogen-bond donors (Lipinski definition) is 1. The number of benzene rings is 1. The van der Waals surface area contributed by atoms with Gasteiger partial charge in [-0.25, -0.2) is 4.39 Å². The monoisotopic (exact) mass is 416 g/mol. The molecule has 4 rings (SSSR count). The Morgan fingerprint density at radius 3 is 2.83 bits per heavy atom. The molecule has 1 saturated heterocycles. The van der Waals surface area contributed by atoms with Crippen molar-refractivity contribution in [2.24, 2.45) is 0 Å². The summed E-state index contributed by atoms with van der Waals surface area (Å²) in [6.45, 7) is 4.39. The lowest BCUT2D eigenvalue weighted by Gasteiger charge is -2.32. The second-order valence-corrected chi connectivity index (χ2v) is 7.75. The SMILES string of the molecule is CC1CN(c2cnnc(C=O)c2)CCO1.CNC1(Cc2cc(F)ccc2OC)CC1. The molecule has 1 aromatic heterocycles. The first kappa shape index (κ1) is 22.1. The van der Waals surface area contributed by atoms with Crippen LogP contribution in [0.25, 0.3) is 0 Å². The second-order valence-electron chi connectivity index (χ2n) is 7.75. The minimum absolute atomic E-state index is 0.182. The highest BCUT2D eigenvalue weighted by Gasteiger charge is 2.41. The van der Waals surface area contributed by atoms with Crippen molar-refractivity contribution in [2.75, 3.05) is 38.8 Å². The van der Waals surface area contributed by atoms with Crippen LogP contribution < -0.4 is 15.0 Å². The Hall–Kier alpha value is -2.58. The maximum absolute atomic E-state index is 13.1. The lowest BCUT2D eigenvalue weighted by Crippen LogP contribution is -2.41. The van der Waals surface area contributed by atoms with Crippen LogP contribution in [0.5, 0.6) is 5.75 Å². The molecule has 0 bridgehead atoms. The smallest absolute Gasteiger partial charge is 0.170 e. The van der Waals surface area contributed by atoms with Gasteiger partial charge in [0, 0.05) is 18.6 Å². The Labute approximate surface area is 176 Å². The van der Waals surface area contributed by atoms with E-state index in [2.05, 4.69) is 20.4 Å². The molecule has 1 unspecified atom stereocenters. The number of rotatable bonds is 6. The maximum Gasteiger partial charge on any atom is 0.170 e. The predicted octanol–water partition coefficient (Wildman–Crippen LogP) is 2.64. The third-order valence-electron chi connectivity index (χ3n) is 5.54. The predicted molar refractivity (Wildman–Crippen MR) is 113 cm³/mol. The summed E-state index contributed by atoms with van der Waals surface area (Å²) >= 11 is 0. The number of likely N-dealkylation sites (N-methyl/N-ethyl adjacent to an activating group) is 1. The molecule has 1 atom stereocenters. The fraction of sp³-hybridized carbons (Fsp3) is 0.500. The highest BCUT2D eigenvalue weighted by Crippen LogP contribution is 2.40. The summed E-state index contributed by atoms with van der Waals surface area (Å²) in [5.41, 5.74) is 2.43. The van der Waals surface area contributed by atoms with Gasteiger partial charge in [0.2, 0.25) is 0 Å². The Morgan fingerprint density at radius 2 is 2.20 bits per heavy atom. The first-order chi connectivity index (χ1) is 14.5. The van der Waals surface area contributed by atoms with Gasteiger partial charge in [-0.1, -0.05) is 0 Å². The second kappa shape index (κ2) is 9.95. The van der Waals surface area contributed by atoms with Crippen LogP contribution in [0.1, 0.15) is 35.8 Å². The number of methoxy groups -OCH3 is 1. The normalized spacial score (nSPS) is 19.5. The van der Waals surface area contributed by atoms with E-state index in [-0.39, 0.29) is 17.5 Å². The van der Waals surface area contributed by atoms with E-state index in [1.54, 1.807) is 31.5 Å². The first-order valence-electron chi connectivity index (χ1n) is 10.1. The molecule has 0 amide bonds. The number of ether oxygens (including phenoxy) is 2. The van der Waals surface area contributed by atoms with E-state index in [9.17, 15) is 9.18 Å². The van der Waals surface area contributed by atoms with E-state index in [4.69, 9.17) is 9.47 Å². The molecule has 1 N–H and O–H groups in total. The third-order valence-corrected chi connectivity index (χ3v) is 5.54. The van der Waals surface area contributed by atoms with Crippen molar-refractivity contribution < 1.29 is 18.7 Å². The van der Waals surface area contributed by atoms with Crippen LogP contribution in [0.4, 0.5) is 10.1 Å². The number of nitrogens with one attached hydrogen (secondary N) is 1. The van der Waals surface area contributed by atoms with Gasteiger partial charge in [0.05, 0.1) is 31.7 Å². The molecule has 0 spiro atoms. The minimum Gasteiger partial charge on any atom is -0.496 e. The molecule has 0 radical (unpaired) electrons. The Kier molecular flexibility index (Phi) is 7.33. The third kappa shape index (κ3) is 5.73. The summed E-state index contributed by atoms with van der Waals surface area (Å²) in [6, 6.07) is 6.44. The van der Waals surface area contributed by atoms with Gasteiger partial charge in [-0.3, -0.25) is 4.79 Å². The number of halogens is 1. The number of aromatic nitrogens is 2. The van der Waals surface area contributed by atoms with Crippen LogP contribution in [0, 0.1) is 5.82 Å². The van der Waals surface area contributed by atoms with Gasteiger partial charge < -0.3 is 19.7 Å². The standard InChI is InChI=1S/C12H16FNO.C10H13N3O2/c1-14-12(5-6-12)8-9-7-10(13)3-4-11(9)15-2;1-8-6-13(2-3-15-8)10-4-9(7-14)12-11-5-10/h3-4,7,14H,5-6,8H2,1-2H3;4-5,7-8H,2-3,6H2,1H3. The molecule has 1 aliphatic heterocycles. The lowest BCUT2D eigenvalue weighted by atomic mass is 10.0. The molecular weight excluding hydrogens is 387 g/mol. The number of nitrogens with zero attached hydrogens (tertiary/aromatic N) is 3. The van der Waals surface area contributed by atoms with Crippen molar-refractivity contribution in [3.63, 3.8) is 0 Å². The Balaban J connectivity index is 0.000000171. The molecule has 30 heavy (non-hydrogen) atoms. The van der Waals surface area contributed by atoms with Gasteiger partial charge >= 0.3 is 0 Å². The molecule has 2 fully saturated rings. The van der Waals surface area contributed by atoms with Gasteiger partial charge in [0.15, 0.2) is 6.29 Å². The van der Waals surface area contributed by atoms with Crippen molar-refractivity contribution >= 4 is 12.0 Å². The summed E-state index contributed by atoms with van der Waals surface area (Å²) in [4.78, 5) is 12.7. The molecule has 162 valence electrons. The summed E-state index contributed by atoms with van der Waals surface area (Å²) in [7, 11) is 3.58. The molecule has 2 aliphatic rings. The molecule has 2 heterocycles. The van der Waals surface area contributed by atoms with Crippen LogP contribution in [0.15, 0.2) is 30.5 Å². The quantitative estimate of drug-likeness (QED) is 0.726. The van der Waals surface area contributed by atoms with Gasteiger partial charge in [0.1, 0.15) is 17.3 Å². The van der Waals surface area contributed by atoms with Crippen molar-refractivity contribution in [3.05, 3.63) is 47.5 Å². The topological polar surface area (TPSA) is 76.6 Å². The number of hydrogen-bond acceptors (Lipinski definition) is 7. The average Bonchev–Trinajstić information content (AvgIpc) is 3.54. The molecule has 1 aromatic carbocycles. The Bertz CT molecular complexity index is 860. The Morgan fingerprint density at radius 1 is 1.40 bits per heavy atom. The van der Waals surface area contributed by atoms with E-state index >= 15 is 0 Å². The summed E-state index contributed by atoms with van der Waals surface area (Å²) in [5.74, 6) is 0.579. The van der Waals surface area contributed by atoms with Gasteiger partial charge in [-0.05, 0) is 63.1 Å². The van der Waals surface area contributed by atoms with Crippen LogP contribution in [0.2, 0.25) is 0 Å². The fourth-order valence-electron chi connectivity index (χ4n) is 3.57. The number of carbonyl (C=O) groups excluding carboxylic acids is 1. The van der Waals surface area contributed by atoms with Crippen LogP contribution in [-0.4, -0.2) is 62.0 Å². The molecule has 2 aromatic rings. The van der Waals surface area contributed by atoms with E-state index in [0.29, 0.717) is 18.6 Å². The zero-order valence-corrected chi connectivity index (χ0v) is 17.7. The maximum atomic E-state index is 13.1. The number of aldehydes is 1. The van der Waals surface area contributed by atoms with Gasteiger partial charge in [-0.2, -0.15) is 5.10 Å². The highest BCUT2D eigenvalue weighted by molar-refractivity contribution is 5.73. The van der Waals surface area contributed by atoms with Gasteiger partial charge in [-0.15, -0.1) is 5.10 Å². The number of anilines is 1. The number of morpholine rings is 1. The fourth-order valence-corrected chi connectivity index (χ4v) is 3.57. The van der Waals surface area contributed by atoms with Crippen molar-refractivity contribution in [3.8, 4) is 5.75 Å². The molecular formula is C22H29FN4O3. The zero-order valence-electron chi connectivity index (χ0n) is 17.7.